The van der Waals surface area contributed by atoms with Gasteiger partial charge in [-0.25, -0.2) is 0 Å². The second-order valence-electron chi connectivity index (χ2n) is 5.90. The Morgan fingerprint density at radius 3 is 2.57 bits per heavy atom. The molecule has 1 aromatic heterocycles. The summed E-state index contributed by atoms with van der Waals surface area (Å²) in [5.74, 6) is 1.18. The Morgan fingerprint density at radius 2 is 2.00 bits per heavy atom. The van der Waals surface area contributed by atoms with E-state index in [2.05, 4.69) is 41.1 Å². The van der Waals surface area contributed by atoms with Gasteiger partial charge in [-0.2, -0.15) is 4.98 Å². The molecule has 0 spiro atoms. The molecular formula is C16H22N4O. The van der Waals surface area contributed by atoms with E-state index in [1.165, 1.54) is 5.69 Å². The van der Waals surface area contributed by atoms with E-state index in [-0.39, 0.29) is 5.54 Å². The van der Waals surface area contributed by atoms with E-state index in [1.807, 2.05) is 12.1 Å². The predicted octanol–water partition coefficient (Wildman–Crippen LogP) is 2.92. The number of benzene rings is 1. The van der Waals surface area contributed by atoms with Gasteiger partial charge in [-0.15, -0.1) is 0 Å². The van der Waals surface area contributed by atoms with Gasteiger partial charge in [-0.3, -0.25) is 0 Å². The van der Waals surface area contributed by atoms with E-state index in [1.54, 1.807) is 0 Å². The molecule has 5 heteroatoms. The summed E-state index contributed by atoms with van der Waals surface area (Å²) in [6.45, 7) is 3.22. The Kier molecular flexibility index (Phi) is 3.68. The van der Waals surface area contributed by atoms with Crippen LogP contribution in [0, 0.1) is 0 Å². The van der Waals surface area contributed by atoms with Crippen molar-refractivity contribution in [1.82, 2.24) is 10.1 Å². The molecule has 1 aliphatic rings. The summed E-state index contributed by atoms with van der Waals surface area (Å²) in [7, 11) is 2.10. The minimum Gasteiger partial charge on any atom is -0.375 e. The van der Waals surface area contributed by atoms with Crippen LogP contribution in [-0.2, 0) is 5.54 Å². The van der Waals surface area contributed by atoms with Crippen LogP contribution in [0.5, 0.6) is 0 Å². The van der Waals surface area contributed by atoms with Gasteiger partial charge in [0, 0.05) is 24.8 Å². The average molecular weight is 286 g/mol. The number of nitrogens with zero attached hydrogens (tertiary/aromatic N) is 3. The Hall–Kier alpha value is -1.88. The average Bonchev–Trinajstić information content (AvgIpc) is 2.95. The van der Waals surface area contributed by atoms with Crippen LogP contribution in [0.15, 0.2) is 28.8 Å². The summed E-state index contributed by atoms with van der Waals surface area (Å²) in [5, 5.41) is 4.05. The molecule has 1 fully saturated rings. The lowest BCUT2D eigenvalue weighted by atomic mass is 9.77. The van der Waals surface area contributed by atoms with Gasteiger partial charge in [0.1, 0.15) is 0 Å². The quantitative estimate of drug-likeness (QED) is 0.915. The summed E-state index contributed by atoms with van der Waals surface area (Å²) >= 11 is 0. The van der Waals surface area contributed by atoms with Crippen LogP contribution >= 0.6 is 0 Å². The lowest BCUT2D eigenvalue weighted by Crippen LogP contribution is -2.44. The standard InChI is InChI=1S/C16H22N4O/c1-3-11-20(2)13-7-5-12(6-8-13)14-18-15(19-21-14)16(17)9-4-10-16/h5-8H,3-4,9-11,17H2,1-2H3. The fourth-order valence-corrected chi connectivity index (χ4v) is 2.65. The molecule has 21 heavy (non-hydrogen) atoms. The minimum atomic E-state index is -0.372. The molecule has 1 aliphatic carbocycles. The molecule has 1 aromatic carbocycles. The third-order valence-electron chi connectivity index (χ3n) is 4.23. The Morgan fingerprint density at radius 1 is 1.29 bits per heavy atom. The van der Waals surface area contributed by atoms with Crippen LogP contribution in [0.3, 0.4) is 0 Å². The number of nitrogens with two attached hydrogens (primary N) is 1. The summed E-state index contributed by atoms with van der Waals surface area (Å²) < 4.78 is 5.37. The highest BCUT2D eigenvalue weighted by molar-refractivity contribution is 5.59. The number of hydrogen-bond acceptors (Lipinski definition) is 5. The largest absolute Gasteiger partial charge is 0.375 e. The molecule has 5 nitrogen and oxygen atoms in total. The topological polar surface area (TPSA) is 68.2 Å². The van der Waals surface area contributed by atoms with Gasteiger partial charge in [0.25, 0.3) is 5.89 Å². The van der Waals surface area contributed by atoms with Gasteiger partial charge < -0.3 is 15.2 Å². The zero-order valence-electron chi connectivity index (χ0n) is 12.7. The maximum absolute atomic E-state index is 6.22. The second-order valence-corrected chi connectivity index (χ2v) is 5.90. The second kappa shape index (κ2) is 5.48. The summed E-state index contributed by atoms with van der Waals surface area (Å²) in [6, 6.07) is 8.19. The molecule has 0 saturated heterocycles. The molecule has 2 aromatic rings. The van der Waals surface area contributed by atoms with Crippen LogP contribution in [0.4, 0.5) is 5.69 Å². The molecule has 0 atom stereocenters. The van der Waals surface area contributed by atoms with Gasteiger partial charge in [-0.05, 0) is 49.9 Å². The van der Waals surface area contributed by atoms with E-state index in [9.17, 15) is 0 Å². The summed E-state index contributed by atoms with van der Waals surface area (Å²) in [6.07, 6.45) is 4.14. The van der Waals surface area contributed by atoms with Gasteiger partial charge in [0.05, 0.1) is 5.54 Å². The molecule has 1 heterocycles. The number of anilines is 1. The minimum absolute atomic E-state index is 0.372. The van der Waals surface area contributed by atoms with Crippen molar-refractivity contribution in [3.63, 3.8) is 0 Å². The van der Waals surface area contributed by atoms with E-state index < -0.39 is 0 Å². The van der Waals surface area contributed by atoms with Crippen molar-refractivity contribution in [2.24, 2.45) is 5.73 Å². The summed E-state index contributed by atoms with van der Waals surface area (Å²) in [4.78, 5) is 6.70. The summed E-state index contributed by atoms with van der Waals surface area (Å²) in [5.41, 5.74) is 7.97. The van der Waals surface area contributed by atoms with Gasteiger partial charge in [0.15, 0.2) is 5.82 Å². The fourth-order valence-electron chi connectivity index (χ4n) is 2.65. The maximum atomic E-state index is 6.22. The molecule has 0 bridgehead atoms. The molecule has 3 rings (SSSR count). The van der Waals surface area contributed by atoms with E-state index in [4.69, 9.17) is 10.3 Å². The van der Waals surface area contributed by atoms with Gasteiger partial charge >= 0.3 is 0 Å². The van der Waals surface area contributed by atoms with Crippen LogP contribution in [0.1, 0.15) is 38.4 Å². The van der Waals surface area contributed by atoms with Crippen LogP contribution < -0.4 is 10.6 Å². The Labute approximate surface area is 125 Å². The van der Waals surface area contributed by atoms with Crippen molar-refractivity contribution in [2.45, 2.75) is 38.1 Å². The normalized spacial score (nSPS) is 16.5. The maximum Gasteiger partial charge on any atom is 0.257 e. The SMILES string of the molecule is CCCN(C)c1ccc(-c2nc(C3(N)CCC3)no2)cc1. The zero-order valence-corrected chi connectivity index (χ0v) is 12.7. The van der Waals surface area contributed by atoms with Crippen molar-refractivity contribution in [3.05, 3.63) is 30.1 Å². The van der Waals surface area contributed by atoms with Gasteiger partial charge in [0.2, 0.25) is 0 Å². The van der Waals surface area contributed by atoms with Crippen LogP contribution in [0.25, 0.3) is 11.5 Å². The van der Waals surface area contributed by atoms with Crippen molar-refractivity contribution < 1.29 is 4.52 Å². The van der Waals surface area contributed by atoms with Crippen molar-refractivity contribution >= 4 is 5.69 Å². The number of aromatic nitrogens is 2. The fraction of sp³-hybridized carbons (Fsp3) is 0.500. The van der Waals surface area contributed by atoms with Crippen molar-refractivity contribution in [1.29, 1.82) is 0 Å². The van der Waals surface area contributed by atoms with E-state index >= 15 is 0 Å². The monoisotopic (exact) mass is 286 g/mol. The predicted molar refractivity (Wildman–Crippen MR) is 83.0 cm³/mol. The highest BCUT2D eigenvalue weighted by Gasteiger charge is 2.39. The first-order valence-corrected chi connectivity index (χ1v) is 7.57. The molecule has 0 unspecified atom stereocenters. The third kappa shape index (κ3) is 2.65. The van der Waals surface area contributed by atoms with Crippen LogP contribution in [0.2, 0.25) is 0 Å². The van der Waals surface area contributed by atoms with Crippen LogP contribution in [-0.4, -0.2) is 23.7 Å². The first-order valence-electron chi connectivity index (χ1n) is 7.57. The molecule has 1 saturated carbocycles. The Balaban J connectivity index is 1.78. The molecule has 112 valence electrons. The molecule has 0 amide bonds. The first-order chi connectivity index (χ1) is 10.1. The highest BCUT2D eigenvalue weighted by atomic mass is 16.5. The van der Waals surface area contributed by atoms with Gasteiger partial charge in [-0.1, -0.05) is 12.1 Å². The number of hydrogen-bond donors (Lipinski definition) is 1. The molecular weight excluding hydrogens is 264 g/mol. The molecule has 2 N–H and O–H groups in total. The highest BCUT2D eigenvalue weighted by Crippen LogP contribution is 2.37. The molecule has 0 aliphatic heterocycles. The number of rotatable bonds is 5. The Bertz CT molecular complexity index is 601. The molecule has 0 radical (unpaired) electrons. The first kappa shape index (κ1) is 14.1. The smallest absolute Gasteiger partial charge is 0.257 e. The van der Waals surface area contributed by atoms with Crippen molar-refractivity contribution in [3.8, 4) is 11.5 Å². The van der Waals surface area contributed by atoms with E-state index in [0.29, 0.717) is 11.7 Å². The third-order valence-corrected chi connectivity index (χ3v) is 4.23. The lowest BCUT2D eigenvalue weighted by Gasteiger charge is -2.34. The zero-order chi connectivity index (χ0) is 14.9. The lowest BCUT2D eigenvalue weighted by molar-refractivity contribution is 0.229. The van der Waals surface area contributed by atoms with Crippen molar-refractivity contribution in [2.75, 3.05) is 18.5 Å². The van der Waals surface area contributed by atoms with E-state index in [0.717, 1.165) is 37.8 Å².